The van der Waals surface area contributed by atoms with Gasteiger partial charge in [0.2, 0.25) is 0 Å². The van der Waals surface area contributed by atoms with Crippen LogP contribution in [0.15, 0.2) is 40.6 Å². The van der Waals surface area contributed by atoms with E-state index in [9.17, 15) is 9.60 Å². The average molecular weight is 416 g/mol. The molecule has 3 heterocycles. The van der Waals surface area contributed by atoms with E-state index >= 15 is 0 Å². The Bertz CT molecular complexity index is 956. The van der Waals surface area contributed by atoms with Gasteiger partial charge in [-0.15, -0.1) is 0 Å². The molecule has 0 bridgehead atoms. The largest absolute Gasteiger partial charge is 0.411 e. The predicted molar refractivity (Wildman–Crippen MR) is 113 cm³/mol. The third-order valence-corrected chi connectivity index (χ3v) is 5.66. The predicted octanol–water partition coefficient (Wildman–Crippen LogP) is 3.76. The molecule has 0 radical (unpaired) electrons. The Morgan fingerprint density at radius 1 is 1.28 bits per heavy atom. The molecule has 8 heteroatoms. The molecule has 0 aliphatic carbocycles. The third-order valence-electron chi connectivity index (χ3n) is 5.37. The van der Waals surface area contributed by atoms with Crippen LogP contribution in [0.25, 0.3) is 0 Å². The van der Waals surface area contributed by atoms with Gasteiger partial charge in [-0.2, -0.15) is 0 Å². The minimum absolute atomic E-state index is 0.0498. The van der Waals surface area contributed by atoms with Gasteiger partial charge in [-0.3, -0.25) is 4.99 Å². The van der Waals surface area contributed by atoms with Crippen LogP contribution >= 0.6 is 11.6 Å². The van der Waals surface area contributed by atoms with E-state index in [1.54, 1.807) is 18.3 Å². The number of amidine groups is 1. The van der Waals surface area contributed by atoms with Crippen molar-refractivity contribution in [2.75, 3.05) is 31.5 Å². The van der Waals surface area contributed by atoms with E-state index in [4.69, 9.17) is 16.6 Å². The first-order chi connectivity index (χ1) is 14.1. The second-order valence-corrected chi connectivity index (χ2v) is 7.74. The molecule has 4 rings (SSSR count). The maximum atomic E-state index is 13.4. The monoisotopic (exact) mass is 415 g/mol. The van der Waals surface area contributed by atoms with E-state index in [1.165, 1.54) is 18.9 Å². The van der Waals surface area contributed by atoms with Gasteiger partial charge in [-0.05, 0) is 49.7 Å². The van der Waals surface area contributed by atoms with Gasteiger partial charge in [0.25, 0.3) is 0 Å². The first kappa shape index (κ1) is 19.8. The van der Waals surface area contributed by atoms with E-state index in [-0.39, 0.29) is 5.02 Å². The zero-order chi connectivity index (χ0) is 20.2. The van der Waals surface area contributed by atoms with Crippen molar-refractivity contribution in [1.82, 2.24) is 9.88 Å². The SMILES string of the molecule is O/N=C(\Cc1ccc(F)c(Cl)c1)c1ccnc2c1CC(=NCCN1CCCC1)N2. The zero-order valence-corrected chi connectivity index (χ0v) is 16.8. The van der Waals surface area contributed by atoms with E-state index in [2.05, 4.69) is 20.4 Å². The van der Waals surface area contributed by atoms with Gasteiger partial charge >= 0.3 is 0 Å². The summed E-state index contributed by atoms with van der Waals surface area (Å²) in [6.45, 7) is 4.04. The number of nitrogens with zero attached hydrogens (tertiary/aromatic N) is 4. The number of hydrogen-bond acceptors (Lipinski definition) is 5. The zero-order valence-electron chi connectivity index (χ0n) is 16.0. The van der Waals surface area contributed by atoms with Crippen LogP contribution < -0.4 is 5.32 Å². The number of aromatic nitrogens is 1. The molecule has 1 aromatic heterocycles. The molecular formula is C21H23ClFN5O. The molecule has 0 saturated carbocycles. The second-order valence-electron chi connectivity index (χ2n) is 7.34. The Hall–Kier alpha value is -2.51. The van der Waals surface area contributed by atoms with Crippen LogP contribution in [0.3, 0.4) is 0 Å². The van der Waals surface area contributed by atoms with Gasteiger partial charge in [0.1, 0.15) is 17.5 Å². The maximum Gasteiger partial charge on any atom is 0.141 e. The van der Waals surface area contributed by atoms with Crippen molar-refractivity contribution in [1.29, 1.82) is 0 Å². The molecule has 0 atom stereocenters. The highest BCUT2D eigenvalue weighted by atomic mass is 35.5. The molecule has 2 N–H and O–H groups in total. The minimum Gasteiger partial charge on any atom is -0.411 e. The summed E-state index contributed by atoms with van der Waals surface area (Å²) in [5.41, 5.74) is 3.00. The number of likely N-dealkylation sites (tertiary alicyclic amines) is 1. The first-order valence-corrected chi connectivity index (χ1v) is 10.2. The molecule has 6 nitrogen and oxygen atoms in total. The van der Waals surface area contributed by atoms with Gasteiger partial charge in [0.05, 0.1) is 17.3 Å². The third kappa shape index (κ3) is 4.57. The summed E-state index contributed by atoms with van der Waals surface area (Å²) in [6.07, 6.45) is 5.17. The number of aliphatic imine (C=N–C) groups is 1. The van der Waals surface area contributed by atoms with Crippen LogP contribution in [0.1, 0.15) is 29.5 Å². The van der Waals surface area contributed by atoms with Crippen molar-refractivity contribution >= 4 is 29.0 Å². The van der Waals surface area contributed by atoms with Crippen LogP contribution in [0.5, 0.6) is 0 Å². The van der Waals surface area contributed by atoms with Crippen LogP contribution in [-0.4, -0.2) is 52.8 Å². The second kappa shape index (κ2) is 8.88. The molecule has 2 aromatic rings. The molecule has 2 aliphatic heterocycles. The number of oxime groups is 1. The summed E-state index contributed by atoms with van der Waals surface area (Å²) >= 11 is 5.88. The Labute approximate surface area is 174 Å². The number of pyridine rings is 1. The van der Waals surface area contributed by atoms with E-state index < -0.39 is 5.82 Å². The van der Waals surface area contributed by atoms with Crippen LogP contribution in [0, 0.1) is 5.82 Å². The molecule has 1 aromatic carbocycles. The molecule has 1 saturated heterocycles. The number of benzene rings is 1. The van der Waals surface area contributed by atoms with Gasteiger partial charge in [0, 0.05) is 36.7 Å². The van der Waals surface area contributed by atoms with Gasteiger partial charge in [0.15, 0.2) is 0 Å². The standard InChI is InChI=1S/C21H23ClFN5O/c22-17-11-14(3-4-18(17)23)12-19(27-29)15-5-6-25-21-16(15)13-20(26-21)24-7-10-28-8-1-2-9-28/h3-6,11,29H,1-2,7-10,12-13H2,(H,24,25,26)/b27-19+. The van der Waals surface area contributed by atoms with Crippen molar-refractivity contribution in [2.24, 2.45) is 10.1 Å². The summed E-state index contributed by atoms with van der Waals surface area (Å²) < 4.78 is 13.4. The number of rotatable bonds is 6. The maximum absolute atomic E-state index is 13.4. The van der Waals surface area contributed by atoms with Crippen molar-refractivity contribution in [3.05, 3.63) is 58.0 Å². The fraction of sp³-hybridized carbons (Fsp3) is 0.381. The minimum atomic E-state index is -0.471. The Morgan fingerprint density at radius 3 is 2.86 bits per heavy atom. The Kier molecular flexibility index (Phi) is 6.06. The molecule has 152 valence electrons. The van der Waals surface area contributed by atoms with Gasteiger partial charge in [-0.25, -0.2) is 9.37 Å². The molecular weight excluding hydrogens is 393 g/mol. The fourth-order valence-corrected chi connectivity index (χ4v) is 4.06. The van der Waals surface area contributed by atoms with Crippen molar-refractivity contribution < 1.29 is 9.60 Å². The summed E-state index contributed by atoms with van der Waals surface area (Å²) in [7, 11) is 0. The average Bonchev–Trinajstić information content (AvgIpc) is 3.38. The lowest BCUT2D eigenvalue weighted by molar-refractivity contribution is 0.318. The van der Waals surface area contributed by atoms with Crippen LogP contribution in [0.2, 0.25) is 5.02 Å². The quantitative estimate of drug-likeness (QED) is 0.428. The van der Waals surface area contributed by atoms with Gasteiger partial charge in [-0.1, -0.05) is 22.8 Å². The normalized spacial score (nSPS) is 18.3. The van der Waals surface area contributed by atoms with E-state index in [0.717, 1.165) is 54.5 Å². The summed E-state index contributed by atoms with van der Waals surface area (Å²) in [5.74, 6) is 1.14. The number of halogens is 2. The van der Waals surface area contributed by atoms with Crippen LogP contribution in [-0.2, 0) is 12.8 Å². The molecule has 0 spiro atoms. The van der Waals surface area contributed by atoms with Crippen LogP contribution in [0.4, 0.5) is 10.2 Å². The number of hydrogen-bond donors (Lipinski definition) is 2. The summed E-state index contributed by atoms with van der Waals surface area (Å²) in [4.78, 5) is 11.5. The number of nitrogens with one attached hydrogen (secondary N) is 1. The van der Waals surface area contributed by atoms with Crippen molar-refractivity contribution in [2.45, 2.75) is 25.7 Å². The first-order valence-electron chi connectivity index (χ1n) is 9.80. The van der Waals surface area contributed by atoms with Crippen molar-refractivity contribution in [3.8, 4) is 0 Å². The lowest BCUT2D eigenvalue weighted by atomic mass is 9.98. The molecule has 0 unspecified atom stereocenters. The van der Waals surface area contributed by atoms with E-state index in [1.807, 2.05) is 6.07 Å². The smallest absolute Gasteiger partial charge is 0.141 e. The Morgan fingerprint density at radius 2 is 2.10 bits per heavy atom. The molecule has 29 heavy (non-hydrogen) atoms. The van der Waals surface area contributed by atoms with Crippen molar-refractivity contribution in [3.63, 3.8) is 0 Å². The van der Waals surface area contributed by atoms with E-state index in [0.29, 0.717) is 18.6 Å². The number of fused-ring (bicyclic) bond motifs is 1. The summed E-state index contributed by atoms with van der Waals surface area (Å²) in [5, 5.41) is 16.5. The highest BCUT2D eigenvalue weighted by Gasteiger charge is 2.23. The molecule has 1 fully saturated rings. The molecule has 0 amide bonds. The molecule has 2 aliphatic rings. The lowest BCUT2D eigenvalue weighted by Crippen LogP contribution is -2.23. The number of anilines is 1. The summed E-state index contributed by atoms with van der Waals surface area (Å²) in [6, 6.07) is 6.33. The Balaban J connectivity index is 1.48. The fourth-order valence-electron chi connectivity index (χ4n) is 3.85. The van der Waals surface area contributed by atoms with Gasteiger partial charge < -0.3 is 15.4 Å². The topological polar surface area (TPSA) is 73.1 Å². The highest BCUT2D eigenvalue weighted by Crippen LogP contribution is 2.26. The highest BCUT2D eigenvalue weighted by molar-refractivity contribution is 6.30. The lowest BCUT2D eigenvalue weighted by Gasteiger charge is -2.12.